The maximum atomic E-state index is 12.9. The van der Waals surface area contributed by atoms with Gasteiger partial charge in [0.1, 0.15) is 20.0 Å². The lowest BCUT2D eigenvalue weighted by molar-refractivity contribution is -0.141. The van der Waals surface area contributed by atoms with Crippen molar-refractivity contribution < 1.29 is 23.1 Å². The zero-order chi connectivity index (χ0) is 21.2. The Balaban J connectivity index is 1.77. The fraction of sp³-hybridized carbons (Fsp3) is 0.312. The molecule has 3 heterocycles. The first kappa shape index (κ1) is 22.3. The van der Waals surface area contributed by atoms with E-state index in [4.69, 9.17) is 23.2 Å². The number of nitrogens with zero attached hydrogens (tertiary/aromatic N) is 2. The molecule has 1 fully saturated rings. The van der Waals surface area contributed by atoms with Crippen molar-refractivity contribution in [3.63, 3.8) is 0 Å². The van der Waals surface area contributed by atoms with Crippen molar-refractivity contribution in [2.24, 2.45) is 0 Å². The van der Waals surface area contributed by atoms with E-state index in [1.165, 1.54) is 18.5 Å². The topological polar surface area (TPSA) is 117 Å². The van der Waals surface area contributed by atoms with Crippen molar-refractivity contribution in [3.05, 3.63) is 45.5 Å². The summed E-state index contributed by atoms with van der Waals surface area (Å²) in [5.74, 6) is -1.51. The number of halogens is 2. The maximum absolute atomic E-state index is 12.9. The molecule has 0 spiro atoms. The molecule has 0 unspecified atom stereocenters. The Kier molecular flexibility index (Phi) is 7.07. The quantitative estimate of drug-likeness (QED) is 0.604. The van der Waals surface area contributed by atoms with Crippen LogP contribution in [0.15, 0.2) is 34.8 Å². The molecule has 1 aliphatic rings. The van der Waals surface area contributed by atoms with Crippen molar-refractivity contribution in [3.8, 4) is 0 Å². The average Bonchev–Trinajstić information content (AvgIpc) is 3.30. The molecule has 2 atom stereocenters. The molecule has 0 saturated carbocycles. The summed E-state index contributed by atoms with van der Waals surface area (Å²) in [6.45, 7) is 0.111. The highest BCUT2D eigenvalue weighted by Gasteiger charge is 2.42. The Bertz CT molecular complexity index is 997. The van der Waals surface area contributed by atoms with Crippen LogP contribution >= 0.6 is 46.3 Å². The SMILES string of the molecule is O=C(O)[C@H](Cc1ccncc1)NC(=O)[C@@H]1SCCN1S(=O)(=O)c1cc(Cl)c(Cl)s1. The molecule has 29 heavy (non-hydrogen) atoms. The molecule has 0 aliphatic carbocycles. The second-order valence-corrected chi connectivity index (χ2v) is 11.4. The Morgan fingerprint density at radius 1 is 1.34 bits per heavy atom. The van der Waals surface area contributed by atoms with Gasteiger partial charge in [0.05, 0.1) is 5.02 Å². The van der Waals surface area contributed by atoms with Crippen LogP contribution in [0.3, 0.4) is 0 Å². The van der Waals surface area contributed by atoms with Gasteiger partial charge in [-0.2, -0.15) is 4.31 Å². The number of aromatic nitrogens is 1. The Hall–Kier alpha value is -1.37. The van der Waals surface area contributed by atoms with E-state index in [2.05, 4.69) is 10.3 Å². The number of sulfonamides is 1. The molecule has 1 saturated heterocycles. The smallest absolute Gasteiger partial charge is 0.326 e. The average molecular weight is 496 g/mol. The number of thioether (sulfide) groups is 1. The van der Waals surface area contributed by atoms with E-state index in [1.807, 2.05) is 0 Å². The predicted molar refractivity (Wildman–Crippen MR) is 112 cm³/mol. The van der Waals surface area contributed by atoms with Gasteiger partial charge in [-0.1, -0.05) is 23.2 Å². The Morgan fingerprint density at radius 2 is 2.03 bits per heavy atom. The standard InChI is InChI=1S/C16H15Cl2N3O5S3/c17-10-8-12(28-13(10)18)29(25,26)21-5-6-27-15(21)14(22)20-11(16(23)24)7-9-1-3-19-4-2-9/h1-4,8,11,15H,5-7H2,(H,20,22)(H,23,24)/t11-,15-/m0/s1. The fourth-order valence-corrected chi connectivity index (χ4v) is 7.77. The molecule has 8 nitrogen and oxygen atoms in total. The molecule has 0 bridgehead atoms. The molecule has 156 valence electrons. The van der Waals surface area contributed by atoms with E-state index in [9.17, 15) is 23.1 Å². The summed E-state index contributed by atoms with van der Waals surface area (Å²) in [5.41, 5.74) is 0.680. The van der Waals surface area contributed by atoms with E-state index in [0.717, 1.165) is 27.4 Å². The number of carbonyl (C=O) groups excluding carboxylic acids is 1. The number of nitrogens with one attached hydrogen (secondary N) is 1. The molecular weight excluding hydrogens is 481 g/mol. The summed E-state index contributed by atoms with van der Waals surface area (Å²) in [6.07, 6.45) is 3.09. The number of carboxylic acid groups (broad SMARTS) is 1. The van der Waals surface area contributed by atoms with Gasteiger partial charge in [0.25, 0.3) is 10.0 Å². The zero-order valence-electron chi connectivity index (χ0n) is 14.6. The summed E-state index contributed by atoms with van der Waals surface area (Å²) in [5, 5.41) is 10.9. The first-order valence-corrected chi connectivity index (χ1v) is 12.3. The van der Waals surface area contributed by atoms with Crippen LogP contribution in [0, 0.1) is 0 Å². The molecule has 3 rings (SSSR count). The molecule has 1 aliphatic heterocycles. The zero-order valence-corrected chi connectivity index (χ0v) is 18.6. The number of amides is 1. The Labute approximate surface area is 185 Å². The summed E-state index contributed by atoms with van der Waals surface area (Å²) in [7, 11) is -4.00. The lowest BCUT2D eigenvalue weighted by Crippen LogP contribution is -2.50. The number of rotatable bonds is 7. The van der Waals surface area contributed by atoms with Gasteiger partial charge >= 0.3 is 5.97 Å². The normalized spacial score (nSPS) is 18.5. The second-order valence-electron chi connectivity index (χ2n) is 5.98. The molecule has 0 radical (unpaired) electrons. The number of carboxylic acids is 1. The largest absolute Gasteiger partial charge is 0.480 e. The van der Waals surface area contributed by atoms with Crippen molar-refractivity contribution in [1.29, 1.82) is 0 Å². The number of carbonyl (C=O) groups is 2. The van der Waals surface area contributed by atoms with Gasteiger partial charge in [0, 0.05) is 31.1 Å². The fourth-order valence-electron chi connectivity index (χ4n) is 2.67. The van der Waals surface area contributed by atoms with Crippen molar-refractivity contribution in [1.82, 2.24) is 14.6 Å². The lowest BCUT2D eigenvalue weighted by atomic mass is 10.1. The molecule has 0 aromatic carbocycles. The van der Waals surface area contributed by atoms with Crippen LogP contribution in [0.1, 0.15) is 5.56 Å². The molecule has 1 amide bonds. The van der Waals surface area contributed by atoms with Gasteiger partial charge < -0.3 is 10.4 Å². The highest BCUT2D eigenvalue weighted by molar-refractivity contribution is 8.02. The van der Waals surface area contributed by atoms with Gasteiger partial charge in [-0.3, -0.25) is 9.78 Å². The lowest BCUT2D eigenvalue weighted by Gasteiger charge is -2.23. The van der Waals surface area contributed by atoms with E-state index in [1.54, 1.807) is 12.1 Å². The number of pyridine rings is 1. The summed E-state index contributed by atoms with van der Waals surface area (Å²) >= 11 is 13.7. The molecule has 2 N–H and O–H groups in total. The van der Waals surface area contributed by atoms with Crippen molar-refractivity contribution in [2.45, 2.75) is 22.0 Å². The van der Waals surface area contributed by atoms with E-state index < -0.39 is 33.3 Å². The van der Waals surface area contributed by atoms with Gasteiger partial charge in [-0.15, -0.1) is 23.1 Å². The van der Waals surface area contributed by atoms with Gasteiger partial charge in [0.15, 0.2) is 0 Å². The number of thiophene rings is 1. The minimum Gasteiger partial charge on any atom is -0.480 e. The maximum Gasteiger partial charge on any atom is 0.326 e. The Morgan fingerprint density at radius 3 is 2.62 bits per heavy atom. The van der Waals surface area contributed by atoms with Crippen molar-refractivity contribution >= 4 is 68.2 Å². The van der Waals surface area contributed by atoms with Crippen LogP contribution in [-0.4, -0.2) is 58.4 Å². The first-order chi connectivity index (χ1) is 13.7. The third kappa shape index (κ3) is 5.04. The molecule has 2 aromatic rings. The monoisotopic (exact) mass is 495 g/mol. The van der Waals surface area contributed by atoms with E-state index in [0.29, 0.717) is 11.3 Å². The number of aliphatic carboxylic acids is 1. The second kappa shape index (κ2) is 9.19. The highest BCUT2D eigenvalue weighted by atomic mass is 35.5. The van der Waals surface area contributed by atoms with Crippen LogP contribution in [0.4, 0.5) is 0 Å². The third-order valence-corrected chi connectivity index (χ3v) is 9.58. The minimum atomic E-state index is -4.00. The molecule has 13 heteroatoms. The van der Waals surface area contributed by atoms with Gasteiger partial charge in [0.2, 0.25) is 5.91 Å². The van der Waals surface area contributed by atoms with Gasteiger partial charge in [-0.05, 0) is 23.8 Å². The highest BCUT2D eigenvalue weighted by Crippen LogP contribution is 2.38. The summed E-state index contributed by atoms with van der Waals surface area (Å²) < 4.78 is 27.0. The van der Waals surface area contributed by atoms with Crippen LogP contribution in [-0.2, 0) is 26.0 Å². The van der Waals surface area contributed by atoms with Crippen LogP contribution in [0.5, 0.6) is 0 Å². The minimum absolute atomic E-state index is 0.0455. The van der Waals surface area contributed by atoms with Crippen molar-refractivity contribution in [2.75, 3.05) is 12.3 Å². The van der Waals surface area contributed by atoms with E-state index >= 15 is 0 Å². The van der Waals surface area contributed by atoms with Gasteiger partial charge in [-0.25, -0.2) is 13.2 Å². The van der Waals surface area contributed by atoms with E-state index in [-0.39, 0.29) is 26.5 Å². The summed E-state index contributed by atoms with van der Waals surface area (Å²) in [4.78, 5) is 28.2. The van der Waals surface area contributed by atoms with Crippen LogP contribution in [0.25, 0.3) is 0 Å². The van der Waals surface area contributed by atoms with Crippen LogP contribution < -0.4 is 5.32 Å². The third-order valence-electron chi connectivity index (χ3n) is 4.06. The predicted octanol–water partition coefficient (Wildman–Crippen LogP) is 2.33. The first-order valence-electron chi connectivity index (χ1n) is 8.20. The number of hydrogen-bond donors (Lipinski definition) is 2. The summed E-state index contributed by atoms with van der Waals surface area (Å²) in [6, 6.07) is 3.33. The number of hydrogen-bond acceptors (Lipinski definition) is 7. The molecule has 2 aromatic heterocycles. The van der Waals surface area contributed by atoms with Crippen LogP contribution in [0.2, 0.25) is 9.36 Å². The molecular formula is C16H15Cl2N3O5S3.